The Balaban J connectivity index is 1.87. The van der Waals surface area contributed by atoms with Crippen LogP contribution in [0.2, 0.25) is 0 Å². The minimum atomic E-state index is 0.601. The molecule has 2 unspecified atom stereocenters. The molecule has 1 aromatic rings. The van der Waals surface area contributed by atoms with Gasteiger partial charge in [0.1, 0.15) is 0 Å². The van der Waals surface area contributed by atoms with Crippen molar-refractivity contribution in [3.63, 3.8) is 0 Å². The quantitative estimate of drug-likeness (QED) is 0.793. The number of nitrogens with two attached hydrogens (primary N) is 1. The predicted octanol–water partition coefficient (Wildman–Crippen LogP) is 2.64. The van der Waals surface area contributed by atoms with Crippen LogP contribution < -0.4 is 10.5 Å². The SMILES string of the molecule is CC1CC=CCC1COc1ccc(N)cn1. The zero-order valence-corrected chi connectivity index (χ0v) is 9.60. The molecule has 0 bridgehead atoms. The van der Waals surface area contributed by atoms with Crippen LogP contribution in [0.4, 0.5) is 5.69 Å². The fourth-order valence-electron chi connectivity index (χ4n) is 1.91. The molecule has 1 aromatic heterocycles. The molecule has 0 aromatic carbocycles. The fraction of sp³-hybridized carbons (Fsp3) is 0.462. The number of rotatable bonds is 3. The molecule has 0 saturated carbocycles. The summed E-state index contributed by atoms with van der Waals surface area (Å²) in [5.41, 5.74) is 6.23. The van der Waals surface area contributed by atoms with Crippen LogP contribution in [-0.4, -0.2) is 11.6 Å². The molecule has 0 aliphatic heterocycles. The van der Waals surface area contributed by atoms with Gasteiger partial charge in [0.2, 0.25) is 5.88 Å². The largest absolute Gasteiger partial charge is 0.477 e. The highest BCUT2D eigenvalue weighted by Gasteiger charge is 2.18. The van der Waals surface area contributed by atoms with Gasteiger partial charge < -0.3 is 10.5 Å². The summed E-state index contributed by atoms with van der Waals surface area (Å²) >= 11 is 0. The highest BCUT2D eigenvalue weighted by Crippen LogP contribution is 2.25. The van der Waals surface area contributed by atoms with Gasteiger partial charge in [0.25, 0.3) is 0 Å². The van der Waals surface area contributed by atoms with E-state index < -0.39 is 0 Å². The molecule has 0 amide bonds. The van der Waals surface area contributed by atoms with Gasteiger partial charge in [0, 0.05) is 6.07 Å². The van der Waals surface area contributed by atoms with E-state index in [-0.39, 0.29) is 0 Å². The Kier molecular flexibility index (Phi) is 3.44. The minimum Gasteiger partial charge on any atom is -0.477 e. The topological polar surface area (TPSA) is 48.1 Å². The number of ether oxygens (including phenoxy) is 1. The van der Waals surface area contributed by atoms with Crippen molar-refractivity contribution in [3.8, 4) is 5.88 Å². The molecule has 2 rings (SSSR count). The number of aromatic nitrogens is 1. The van der Waals surface area contributed by atoms with E-state index in [0.29, 0.717) is 23.4 Å². The van der Waals surface area contributed by atoms with Crippen LogP contribution in [0, 0.1) is 11.8 Å². The molecule has 0 spiro atoms. The van der Waals surface area contributed by atoms with E-state index in [2.05, 4.69) is 24.1 Å². The van der Waals surface area contributed by atoms with E-state index in [9.17, 15) is 0 Å². The molecule has 0 radical (unpaired) electrons. The van der Waals surface area contributed by atoms with Crippen molar-refractivity contribution in [1.29, 1.82) is 0 Å². The second-order valence-corrected chi connectivity index (χ2v) is 4.42. The van der Waals surface area contributed by atoms with Gasteiger partial charge in [0.05, 0.1) is 18.5 Å². The number of nitrogens with zero attached hydrogens (tertiary/aromatic N) is 1. The average molecular weight is 218 g/mol. The first-order valence-electron chi connectivity index (χ1n) is 5.75. The van der Waals surface area contributed by atoms with E-state index in [4.69, 9.17) is 10.5 Å². The Morgan fingerprint density at radius 3 is 2.88 bits per heavy atom. The summed E-state index contributed by atoms with van der Waals surface area (Å²) in [7, 11) is 0. The maximum absolute atomic E-state index is 5.67. The molecule has 1 heterocycles. The molecule has 16 heavy (non-hydrogen) atoms. The first-order chi connectivity index (χ1) is 7.75. The number of hydrogen-bond donors (Lipinski definition) is 1. The summed E-state index contributed by atoms with van der Waals surface area (Å²) in [6, 6.07) is 3.63. The first-order valence-corrected chi connectivity index (χ1v) is 5.75. The zero-order valence-electron chi connectivity index (χ0n) is 9.60. The normalized spacial score (nSPS) is 24.3. The van der Waals surface area contributed by atoms with Gasteiger partial charge >= 0.3 is 0 Å². The monoisotopic (exact) mass is 218 g/mol. The second kappa shape index (κ2) is 5.01. The number of hydrogen-bond acceptors (Lipinski definition) is 3. The molecule has 2 N–H and O–H groups in total. The Labute approximate surface area is 96.3 Å². The molecule has 1 aliphatic rings. The number of allylic oxidation sites excluding steroid dienone is 2. The van der Waals surface area contributed by atoms with E-state index in [1.54, 1.807) is 6.20 Å². The maximum Gasteiger partial charge on any atom is 0.213 e. The van der Waals surface area contributed by atoms with Crippen LogP contribution in [-0.2, 0) is 0 Å². The van der Waals surface area contributed by atoms with Gasteiger partial charge in [0.15, 0.2) is 0 Å². The second-order valence-electron chi connectivity index (χ2n) is 4.42. The lowest BCUT2D eigenvalue weighted by Crippen LogP contribution is -2.21. The van der Waals surface area contributed by atoms with Crippen LogP contribution >= 0.6 is 0 Å². The van der Waals surface area contributed by atoms with Crippen molar-refractivity contribution in [1.82, 2.24) is 4.98 Å². The standard InChI is InChI=1S/C13H18N2O/c1-10-4-2-3-5-11(10)9-16-13-7-6-12(14)8-15-13/h2-3,6-8,10-11H,4-5,9,14H2,1H3. The van der Waals surface area contributed by atoms with Gasteiger partial charge in [-0.3, -0.25) is 0 Å². The number of pyridine rings is 1. The van der Waals surface area contributed by atoms with Crippen LogP contribution in [0.25, 0.3) is 0 Å². The average Bonchev–Trinajstić information content (AvgIpc) is 2.30. The van der Waals surface area contributed by atoms with Crippen LogP contribution in [0.1, 0.15) is 19.8 Å². The Morgan fingerprint density at radius 1 is 1.38 bits per heavy atom. The van der Waals surface area contributed by atoms with E-state index in [0.717, 1.165) is 19.4 Å². The smallest absolute Gasteiger partial charge is 0.213 e. The third-order valence-corrected chi connectivity index (χ3v) is 3.12. The van der Waals surface area contributed by atoms with Crippen molar-refractivity contribution in [2.24, 2.45) is 11.8 Å². The van der Waals surface area contributed by atoms with Gasteiger partial charge in [-0.25, -0.2) is 4.98 Å². The summed E-state index contributed by atoms with van der Waals surface area (Å²) in [5, 5.41) is 0. The lowest BCUT2D eigenvalue weighted by atomic mass is 9.85. The summed E-state index contributed by atoms with van der Waals surface area (Å²) < 4.78 is 5.67. The molecule has 0 saturated heterocycles. The summed E-state index contributed by atoms with van der Waals surface area (Å²) in [6.45, 7) is 3.01. The highest BCUT2D eigenvalue weighted by molar-refractivity contribution is 5.35. The zero-order chi connectivity index (χ0) is 11.4. The first kappa shape index (κ1) is 11.0. The van der Waals surface area contributed by atoms with Gasteiger partial charge in [-0.15, -0.1) is 0 Å². The lowest BCUT2D eigenvalue weighted by molar-refractivity contribution is 0.193. The molecular formula is C13H18N2O. The van der Waals surface area contributed by atoms with Crippen molar-refractivity contribution in [2.45, 2.75) is 19.8 Å². The molecule has 3 heteroatoms. The summed E-state index contributed by atoms with van der Waals surface area (Å²) in [4.78, 5) is 4.12. The van der Waals surface area contributed by atoms with Gasteiger partial charge in [-0.05, 0) is 30.7 Å². The maximum atomic E-state index is 5.67. The Hall–Kier alpha value is -1.51. The Bertz CT molecular complexity index is 359. The van der Waals surface area contributed by atoms with Crippen LogP contribution in [0.15, 0.2) is 30.5 Å². The molecule has 0 fully saturated rings. The van der Waals surface area contributed by atoms with E-state index in [1.165, 1.54) is 0 Å². The summed E-state index contributed by atoms with van der Waals surface area (Å²) in [6.07, 6.45) is 8.38. The summed E-state index contributed by atoms with van der Waals surface area (Å²) in [5.74, 6) is 1.96. The molecule has 3 nitrogen and oxygen atoms in total. The molecule has 2 atom stereocenters. The van der Waals surface area contributed by atoms with Gasteiger partial charge in [-0.2, -0.15) is 0 Å². The highest BCUT2D eigenvalue weighted by atomic mass is 16.5. The minimum absolute atomic E-state index is 0.601. The van der Waals surface area contributed by atoms with E-state index >= 15 is 0 Å². The van der Waals surface area contributed by atoms with Crippen LogP contribution in [0.5, 0.6) is 5.88 Å². The predicted molar refractivity (Wildman–Crippen MR) is 65.2 cm³/mol. The third-order valence-electron chi connectivity index (χ3n) is 3.12. The third kappa shape index (κ3) is 2.75. The van der Waals surface area contributed by atoms with Crippen molar-refractivity contribution >= 4 is 5.69 Å². The van der Waals surface area contributed by atoms with Crippen molar-refractivity contribution < 1.29 is 4.74 Å². The Morgan fingerprint density at radius 2 is 2.19 bits per heavy atom. The van der Waals surface area contributed by atoms with Crippen molar-refractivity contribution in [3.05, 3.63) is 30.5 Å². The van der Waals surface area contributed by atoms with Crippen molar-refractivity contribution in [2.75, 3.05) is 12.3 Å². The molecule has 1 aliphatic carbocycles. The number of nitrogen functional groups attached to an aromatic ring is 1. The molecule has 86 valence electrons. The lowest BCUT2D eigenvalue weighted by Gasteiger charge is -2.24. The van der Waals surface area contributed by atoms with Crippen LogP contribution in [0.3, 0.4) is 0 Å². The van der Waals surface area contributed by atoms with E-state index in [1.807, 2.05) is 12.1 Å². The molecular weight excluding hydrogens is 200 g/mol. The number of anilines is 1. The fourth-order valence-corrected chi connectivity index (χ4v) is 1.91. The van der Waals surface area contributed by atoms with Gasteiger partial charge in [-0.1, -0.05) is 19.1 Å².